The molecule has 0 radical (unpaired) electrons. The van der Waals surface area contributed by atoms with Gasteiger partial charge in [-0.3, -0.25) is 4.90 Å². The predicted molar refractivity (Wildman–Crippen MR) is 131 cm³/mol. The molecule has 4 rings (SSSR count). The van der Waals surface area contributed by atoms with Crippen molar-refractivity contribution in [3.05, 3.63) is 17.2 Å². The molecule has 2 fully saturated rings. The van der Waals surface area contributed by atoms with Crippen LogP contribution in [-0.4, -0.2) is 70.4 Å². The normalized spacial score (nSPS) is 20.2. The number of imidazole rings is 1. The van der Waals surface area contributed by atoms with E-state index in [1.807, 2.05) is 37.5 Å². The van der Waals surface area contributed by atoms with E-state index >= 15 is 0 Å². The van der Waals surface area contributed by atoms with Crippen LogP contribution in [0.2, 0.25) is 5.02 Å². The lowest BCUT2D eigenvalue weighted by Crippen LogP contribution is -2.39. The van der Waals surface area contributed by atoms with Gasteiger partial charge >= 0.3 is 6.09 Å². The van der Waals surface area contributed by atoms with Gasteiger partial charge in [0.1, 0.15) is 23.0 Å². The maximum atomic E-state index is 12.8. The number of anilines is 1. The van der Waals surface area contributed by atoms with Gasteiger partial charge in [0.25, 0.3) is 0 Å². The van der Waals surface area contributed by atoms with Gasteiger partial charge in [-0.25, -0.2) is 9.78 Å². The fourth-order valence-corrected chi connectivity index (χ4v) is 5.05. The van der Waals surface area contributed by atoms with Gasteiger partial charge in [0.05, 0.1) is 17.1 Å². The van der Waals surface area contributed by atoms with Gasteiger partial charge in [0.2, 0.25) is 5.95 Å². The van der Waals surface area contributed by atoms with Crippen LogP contribution < -0.4 is 10.5 Å². The molecule has 0 saturated carbocycles. The average Bonchev–Trinajstić information content (AvgIpc) is 3.29. The number of benzene rings is 1. The van der Waals surface area contributed by atoms with E-state index < -0.39 is 5.60 Å². The molecule has 2 N–H and O–H groups in total. The minimum atomic E-state index is -0.537. The van der Waals surface area contributed by atoms with Crippen LogP contribution in [0.5, 0.6) is 5.75 Å². The van der Waals surface area contributed by atoms with Crippen molar-refractivity contribution >= 4 is 34.7 Å². The van der Waals surface area contributed by atoms with E-state index in [0.29, 0.717) is 36.4 Å². The monoisotopic (exact) mass is 477 g/mol. The number of carbonyl (C=O) groups is 1. The first-order valence-electron chi connectivity index (χ1n) is 12.0. The number of rotatable bonds is 5. The Morgan fingerprint density at radius 2 is 1.91 bits per heavy atom. The second kappa shape index (κ2) is 9.97. The number of fused-ring (bicyclic) bond motifs is 1. The fourth-order valence-electron chi connectivity index (χ4n) is 4.74. The highest BCUT2D eigenvalue weighted by atomic mass is 35.5. The highest BCUT2D eigenvalue weighted by Crippen LogP contribution is 2.37. The minimum Gasteiger partial charge on any atom is -0.491 e. The average molecular weight is 478 g/mol. The van der Waals surface area contributed by atoms with Gasteiger partial charge in [0.15, 0.2) is 0 Å². The quantitative estimate of drug-likeness (QED) is 0.671. The summed E-state index contributed by atoms with van der Waals surface area (Å²) in [5.74, 6) is 1.04. The molecular weight excluding hydrogens is 442 g/mol. The van der Waals surface area contributed by atoms with Crippen molar-refractivity contribution in [2.75, 3.05) is 45.1 Å². The Labute approximate surface area is 200 Å². The molecular formula is C24H36ClN5O3. The lowest BCUT2D eigenvalue weighted by Gasteiger charge is -2.29. The maximum absolute atomic E-state index is 12.8. The lowest BCUT2D eigenvalue weighted by molar-refractivity contribution is 0.0238. The summed E-state index contributed by atoms with van der Waals surface area (Å²) in [6.07, 6.45) is 4.99. The highest BCUT2D eigenvalue weighted by Gasteiger charge is 2.29. The number of halogens is 1. The Morgan fingerprint density at radius 3 is 2.64 bits per heavy atom. The van der Waals surface area contributed by atoms with Crippen molar-refractivity contribution in [1.82, 2.24) is 19.4 Å². The number of hydrogen-bond acceptors (Lipinski definition) is 6. The summed E-state index contributed by atoms with van der Waals surface area (Å²) >= 11 is 6.84. The number of hydrogen-bond donors (Lipinski definition) is 1. The molecule has 1 amide bonds. The van der Waals surface area contributed by atoms with Crippen molar-refractivity contribution in [1.29, 1.82) is 0 Å². The number of carbonyl (C=O) groups excluding carboxylic acids is 1. The highest BCUT2D eigenvalue weighted by molar-refractivity contribution is 6.36. The molecule has 1 aromatic carbocycles. The maximum Gasteiger partial charge on any atom is 0.410 e. The largest absolute Gasteiger partial charge is 0.491 e. The third kappa shape index (κ3) is 5.66. The molecule has 8 nitrogen and oxygen atoms in total. The second-order valence-electron chi connectivity index (χ2n) is 10.1. The molecule has 1 atom stereocenters. The van der Waals surface area contributed by atoms with Crippen LogP contribution in [0.4, 0.5) is 10.7 Å². The fraction of sp³-hybridized carbons (Fsp3) is 0.667. The van der Waals surface area contributed by atoms with Crippen molar-refractivity contribution < 1.29 is 14.3 Å². The number of nitrogens with zero attached hydrogens (tertiary/aromatic N) is 4. The van der Waals surface area contributed by atoms with Crippen LogP contribution in [0, 0.1) is 0 Å². The van der Waals surface area contributed by atoms with E-state index in [4.69, 9.17) is 26.8 Å². The van der Waals surface area contributed by atoms with Crippen molar-refractivity contribution in [3.8, 4) is 5.75 Å². The molecule has 0 bridgehead atoms. The molecule has 2 aliphatic rings. The third-order valence-electron chi connectivity index (χ3n) is 6.31. The summed E-state index contributed by atoms with van der Waals surface area (Å²) in [5.41, 5.74) is 7.34. The van der Waals surface area contributed by atoms with E-state index in [0.717, 1.165) is 49.9 Å². The Balaban J connectivity index is 1.56. The van der Waals surface area contributed by atoms with Crippen LogP contribution >= 0.6 is 11.6 Å². The Morgan fingerprint density at radius 1 is 1.18 bits per heavy atom. The van der Waals surface area contributed by atoms with Crippen LogP contribution in [-0.2, 0) is 4.74 Å². The van der Waals surface area contributed by atoms with Gasteiger partial charge in [-0.1, -0.05) is 11.6 Å². The molecule has 2 saturated heterocycles. The summed E-state index contributed by atoms with van der Waals surface area (Å²) in [7, 11) is 0. The van der Waals surface area contributed by atoms with Crippen molar-refractivity contribution in [3.63, 3.8) is 0 Å². The van der Waals surface area contributed by atoms with E-state index in [-0.39, 0.29) is 12.1 Å². The van der Waals surface area contributed by atoms with E-state index in [2.05, 4.69) is 9.88 Å². The molecule has 0 aliphatic carbocycles. The van der Waals surface area contributed by atoms with Gasteiger partial charge in [-0.15, -0.1) is 0 Å². The van der Waals surface area contributed by atoms with Crippen LogP contribution in [0.1, 0.15) is 58.9 Å². The first-order chi connectivity index (χ1) is 15.7. The van der Waals surface area contributed by atoms with E-state index in [1.165, 1.54) is 12.8 Å². The van der Waals surface area contributed by atoms with Crippen molar-refractivity contribution in [2.45, 2.75) is 64.5 Å². The number of likely N-dealkylation sites (tertiary alicyclic amines) is 2. The number of nitrogen functional groups attached to an aromatic ring is 1. The van der Waals surface area contributed by atoms with Gasteiger partial charge in [-0.2, -0.15) is 0 Å². The molecule has 9 heteroatoms. The number of ether oxygens (including phenoxy) is 2. The molecule has 0 unspecified atom stereocenters. The van der Waals surface area contributed by atoms with Crippen LogP contribution in [0.3, 0.4) is 0 Å². The van der Waals surface area contributed by atoms with Gasteiger partial charge in [-0.05, 0) is 78.1 Å². The van der Waals surface area contributed by atoms with Gasteiger partial charge < -0.3 is 24.7 Å². The standard InChI is InChI=1S/C24H36ClN5O3/c1-24(2,3)33-23(31)29-13-5-4-8-17(16-29)30-21-18(27-22(30)26)9-10-19(20(21)25)32-15-14-28-11-6-7-12-28/h9-10,17H,4-8,11-16H2,1-3H3,(H2,26,27)/t17-/m1/s1. The molecule has 0 spiro atoms. The number of nitrogens with two attached hydrogens (primary N) is 1. The Kier molecular flexibility index (Phi) is 7.24. The Hall–Kier alpha value is -2.19. The summed E-state index contributed by atoms with van der Waals surface area (Å²) in [4.78, 5) is 21.5. The zero-order chi connectivity index (χ0) is 23.6. The molecule has 3 heterocycles. The number of aromatic nitrogens is 2. The summed E-state index contributed by atoms with van der Waals surface area (Å²) in [6.45, 7) is 10.6. The van der Waals surface area contributed by atoms with E-state index in [1.54, 1.807) is 4.90 Å². The summed E-state index contributed by atoms with van der Waals surface area (Å²) in [6, 6.07) is 3.73. The third-order valence-corrected chi connectivity index (χ3v) is 6.67. The molecule has 2 aromatic rings. The van der Waals surface area contributed by atoms with E-state index in [9.17, 15) is 4.79 Å². The van der Waals surface area contributed by atoms with Crippen LogP contribution in [0.25, 0.3) is 11.0 Å². The topological polar surface area (TPSA) is 85.8 Å². The SMILES string of the molecule is CC(C)(C)OC(=O)N1CCCC[C@@H](n2c(N)nc3ccc(OCCN4CCCC4)c(Cl)c32)C1. The lowest BCUT2D eigenvalue weighted by atomic mass is 10.1. The zero-order valence-electron chi connectivity index (χ0n) is 20.0. The number of amides is 1. The minimum absolute atomic E-state index is 0.0395. The first-order valence-corrected chi connectivity index (χ1v) is 12.4. The molecule has 1 aromatic heterocycles. The molecule has 2 aliphatic heterocycles. The first kappa shape index (κ1) is 24.0. The summed E-state index contributed by atoms with van der Waals surface area (Å²) in [5, 5.41) is 0.520. The zero-order valence-corrected chi connectivity index (χ0v) is 20.7. The predicted octanol–water partition coefficient (Wildman–Crippen LogP) is 4.71. The smallest absolute Gasteiger partial charge is 0.410 e. The Bertz CT molecular complexity index is 981. The summed E-state index contributed by atoms with van der Waals surface area (Å²) < 4.78 is 13.7. The molecule has 182 valence electrons. The van der Waals surface area contributed by atoms with Crippen molar-refractivity contribution in [2.24, 2.45) is 0 Å². The molecule has 33 heavy (non-hydrogen) atoms. The van der Waals surface area contributed by atoms with Gasteiger partial charge in [0, 0.05) is 19.6 Å². The van der Waals surface area contributed by atoms with Crippen LogP contribution in [0.15, 0.2) is 12.1 Å². The second-order valence-corrected chi connectivity index (χ2v) is 10.4.